The second-order valence-electron chi connectivity index (χ2n) is 5.73. The van der Waals surface area contributed by atoms with Crippen LogP contribution in [0, 0.1) is 0 Å². The first kappa shape index (κ1) is 17.1. The topological polar surface area (TPSA) is 58.1 Å². The van der Waals surface area contributed by atoms with Crippen LogP contribution in [0.1, 0.15) is 10.4 Å². The van der Waals surface area contributed by atoms with Gasteiger partial charge in [0, 0.05) is 42.1 Å². The number of carbonyl (C=O) groups excluding carboxylic acids is 1. The Labute approximate surface area is 154 Å². The van der Waals surface area contributed by atoms with Gasteiger partial charge in [0.1, 0.15) is 5.82 Å². The highest BCUT2D eigenvalue weighted by atomic mass is 79.9. The zero-order chi connectivity index (χ0) is 17.8. The fourth-order valence-corrected chi connectivity index (χ4v) is 2.69. The number of amides is 1. The van der Waals surface area contributed by atoms with Crippen molar-refractivity contribution in [2.75, 3.05) is 19.4 Å². The van der Waals surface area contributed by atoms with Gasteiger partial charge >= 0.3 is 0 Å². The first-order valence-electron chi connectivity index (χ1n) is 7.68. The Bertz CT molecular complexity index is 877. The minimum Gasteiger partial charge on any atom is -0.345 e. The van der Waals surface area contributed by atoms with Crippen molar-refractivity contribution in [3.8, 4) is 11.1 Å². The van der Waals surface area contributed by atoms with Crippen molar-refractivity contribution in [1.82, 2.24) is 14.9 Å². The molecule has 0 atom stereocenters. The summed E-state index contributed by atoms with van der Waals surface area (Å²) in [4.78, 5) is 22.0. The van der Waals surface area contributed by atoms with E-state index in [9.17, 15) is 4.79 Å². The number of benzene rings is 1. The van der Waals surface area contributed by atoms with Crippen LogP contribution in [0.25, 0.3) is 11.1 Å². The maximum absolute atomic E-state index is 11.9. The highest BCUT2D eigenvalue weighted by Crippen LogP contribution is 2.22. The molecule has 2 aromatic heterocycles. The van der Waals surface area contributed by atoms with Gasteiger partial charge in [-0.25, -0.2) is 4.98 Å². The third kappa shape index (κ3) is 4.22. The highest BCUT2D eigenvalue weighted by molar-refractivity contribution is 9.10. The SMILES string of the molecule is CN(C)C(=O)c1ccc(-c2ccc(Nc3cncc(Br)c3)nc2)cc1. The van der Waals surface area contributed by atoms with E-state index in [0.717, 1.165) is 27.1 Å². The maximum Gasteiger partial charge on any atom is 0.253 e. The van der Waals surface area contributed by atoms with Crippen LogP contribution in [-0.4, -0.2) is 34.9 Å². The third-order valence-electron chi connectivity index (χ3n) is 3.61. The number of aromatic nitrogens is 2. The first-order valence-corrected chi connectivity index (χ1v) is 8.48. The molecule has 0 radical (unpaired) electrons. The van der Waals surface area contributed by atoms with Gasteiger partial charge in [0.15, 0.2) is 0 Å². The van der Waals surface area contributed by atoms with E-state index in [1.165, 1.54) is 0 Å². The molecule has 0 bridgehead atoms. The fourth-order valence-electron chi connectivity index (χ4n) is 2.33. The van der Waals surface area contributed by atoms with E-state index >= 15 is 0 Å². The van der Waals surface area contributed by atoms with Crippen LogP contribution in [0.4, 0.5) is 11.5 Å². The summed E-state index contributed by atoms with van der Waals surface area (Å²) in [7, 11) is 3.49. The molecule has 0 aliphatic rings. The highest BCUT2D eigenvalue weighted by Gasteiger charge is 2.08. The van der Waals surface area contributed by atoms with E-state index in [4.69, 9.17) is 0 Å². The summed E-state index contributed by atoms with van der Waals surface area (Å²) >= 11 is 3.39. The van der Waals surface area contributed by atoms with Gasteiger partial charge in [-0.3, -0.25) is 9.78 Å². The molecule has 0 spiro atoms. The maximum atomic E-state index is 11.9. The van der Waals surface area contributed by atoms with E-state index in [0.29, 0.717) is 5.56 Å². The van der Waals surface area contributed by atoms with Gasteiger partial charge in [-0.2, -0.15) is 0 Å². The van der Waals surface area contributed by atoms with Gasteiger partial charge in [-0.15, -0.1) is 0 Å². The van der Waals surface area contributed by atoms with Crippen LogP contribution in [-0.2, 0) is 0 Å². The van der Waals surface area contributed by atoms with Gasteiger partial charge < -0.3 is 10.2 Å². The van der Waals surface area contributed by atoms with Crippen molar-refractivity contribution >= 4 is 33.3 Å². The predicted molar refractivity (Wildman–Crippen MR) is 103 cm³/mol. The summed E-state index contributed by atoms with van der Waals surface area (Å²) in [6, 6.07) is 13.4. The van der Waals surface area contributed by atoms with E-state index in [2.05, 4.69) is 31.2 Å². The summed E-state index contributed by atoms with van der Waals surface area (Å²) in [5, 5.41) is 3.21. The lowest BCUT2D eigenvalue weighted by molar-refractivity contribution is 0.0827. The molecule has 0 unspecified atom stereocenters. The second-order valence-corrected chi connectivity index (χ2v) is 6.64. The number of rotatable bonds is 4. The molecule has 5 nitrogen and oxygen atoms in total. The Hall–Kier alpha value is -2.73. The zero-order valence-electron chi connectivity index (χ0n) is 13.9. The number of anilines is 2. The quantitative estimate of drug-likeness (QED) is 0.711. The number of hydrogen-bond acceptors (Lipinski definition) is 4. The van der Waals surface area contributed by atoms with Crippen LogP contribution in [0.2, 0.25) is 0 Å². The van der Waals surface area contributed by atoms with Crippen LogP contribution in [0.5, 0.6) is 0 Å². The molecule has 0 fully saturated rings. The smallest absolute Gasteiger partial charge is 0.253 e. The van der Waals surface area contributed by atoms with Crippen LogP contribution >= 0.6 is 15.9 Å². The lowest BCUT2D eigenvalue weighted by Crippen LogP contribution is -2.21. The number of pyridine rings is 2. The lowest BCUT2D eigenvalue weighted by atomic mass is 10.1. The molecule has 6 heteroatoms. The lowest BCUT2D eigenvalue weighted by Gasteiger charge is -2.11. The van der Waals surface area contributed by atoms with Crippen molar-refractivity contribution in [2.24, 2.45) is 0 Å². The van der Waals surface area contributed by atoms with E-state index in [-0.39, 0.29) is 5.91 Å². The normalized spacial score (nSPS) is 10.4. The van der Waals surface area contributed by atoms with E-state index in [1.54, 1.807) is 37.6 Å². The van der Waals surface area contributed by atoms with Crippen LogP contribution < -0.4 is 5.32 Å². The summed E-state index contributed by atoms with van der Waals surface area (Å²) in [5.41, 5.74) is 3.53. The molecule has 0 aliphatic carbocycles. The third-order valence-corrected chi connectivity index (χ3v) is 4.05. The predicted octanol–water partition coefficient (Wildman–Crippen LogP) is 4.35. The van der Waals surface area contributed by atoms with E-state index in [1.807, 2.05) is 42.5 Å². The average molecular weight is 397 g/mol. The van der Waals surface area contributed by atoms with Crippen molar-refractivity contribution < 1.29 is 4.79 Å². The molecular formula is C19H17BrN4O. The molecule has 3 rings (SSSR count). The van der Waals surface area contributed by atoms with Crippen molar-refractivity contribution in [1.29, 1.82) is 0 Å². The van der Waals surface area contributed by atoms with Gasteiger partial charge in [-0.1, -0.05) is 12.1 Å². The summed E-state index contributed by atoms with van der Waals surface area (Å²) in [6.07, 6.45) is 5.27. The molecular weight excluding hydrogens is 380 g/mol. The number of nitrogens with zero attached hydrogens (tertiary/aromatic N) is 3. The molecule has 1 amide bonds. The van der Waals surface area contributed by atoms with E-state index < -0.39 is 0 Å². The Morgan fingerprint density at radius 3 is 2.32 bits per heavy atom. The Morgan fingerprint density at radius 1 is 1.00 bits per heavy atom. The summed E-state index contributed by atoms with van der Waals surface area (Å²) in [6.45, 7) is 0. The van der Waals surface area contributed by atoms with Gasteiger partial charge in [0.25, 0.3) is 5.91 Å². The largest absolute Gasteiger partial charge is 0.345 e. The summed E-state index contributed by atoms with van der Waals surface area (Å²) < 4.78 is 0.904. The fraction of sp³-hybridized carbons (Fsp3) is 0.105. The van der Waals surface area contributed by atoms with Crippen molar-refractivity contribution in [2.45, 2.75) is 0 Å². The number of hydrogen-bond donors (Lipinski definition) is 1. The van der Waals surface area contributed by atoms with Gasteiger partial charge in [0.05, 0.1) is 11.9 Å². The van der Waals surface area contributed by atoms with Gasteiger partial charge in [-0.05, 0) is 51.8 Å². The standard InChI is InChI=1S/C19H17BrN4O/c1-24(2)19(25)14-5-3-13(4-6-14)15-7-8-18(22-10-15)23-17-9-16(20)11-21-12-17/h3-12H,1-2H3,(H,22,23). The monoisotopic (exact) mass is 396 g/mol. The first-order chi connectivity index (χ1) is 12.0. The zero-order valence-corrected chi connectivity index (χ0v) is 15.5. The average Bonchev–Trinajstić information content (AvgIpc) is 2.62. The molecule has 1 aromatic carbocycles. The number of halogens is 1. The minimum absolute atomic E-state index is 0.00754. The molecule has 0 aliphatic heterocycles. The molecule has 2 heterocycles. The van der Waals surface area contributed by atoms with Crippen LogP contribution in [0.3, 0.4) is 0 Å². The Balaban J connectivity index is 1.75. The molecule has 0 saturated carbocycles. The number of carbonyl (C=O) groups is 1. The minimum atomic E-state index is -0.00754. The molecule has 0 saturated heterocycles. The Kier molecular flexibility index (Phi) is 5.09. The second kappa shape index (κ2) is 7.44. The van der Waals surface area contributed by atoms with Crippen molar-refractivity contribution in [3.05, 3.63) is 71.1 Å². The molecule has 126 valence electrons. The molecule has 1 N–H and O–H groups in total. The summed E-state index contributed by atoms with van der Waals surface area (Å²) in [5.74, 6) is 0.731. The molecule has 25 heavy (non-hydrogen) atoms. The van der Waals surface area contributed by atoms with Gasteiger partial charge in [0.2, 0.25) is 0 Å². The molecule has 3 aromatic rings. The van der Waals surface area contributed by atoms with Crippen LogP contribution in [0.15, 0.2) is 65.5 Å². The number of nitrogens with one attached hydrogen (secondary N) is 1. The van der Waals surface area contributed by atoms with Crippen molar-refractivity contribution in [3.63, 3.8) is 0 Å². The Morgan fingerprint density at radius 2 is 1.72 bits per heavy atom.